The van der Waals surface area contributed by atoms with Crippen LogP contribution < -0.4 is 14.8 Å². The Bertz CT molecular complexity index is 1240. The molecule has 0 saturated carbocycles. The summed E-state index contributed by atoms with van der Waals surface area (Å²) in [6, 6.07) is 11.9. The van der Waals surface area contributed by atoms with Crippen molar-refractivity contribution in [2.24, 2.45) is 0 Å². The number of piperazine rings is 1. The van der Waals surface area contributed by atoms with Gasteiger partial charge < -0.3 is 14.8 Å². The number of hydrogen-bond acceptors (Lipinski definition) is 6. The van der Waals surface area contributed by atoms with E-state index < -0.39 is 0 Å². The first-order valence-corrected chi connectivity index (χ1v) is 13.0. The number of ether oxygens (including phenoxy) is 2. The third-order valence-corrected chi connectivity index (χ3v) is 8.30. The number of aryl methyl sites for hydroxylation is 1. The number of anilines is 1. The summed E-state index contributed by atoms with van der Waals surface area (Å²) in [5.74, 6) is 1.14. The number of halogens is 1. The van der Waals surface area contributed by atoms with E-state index in [0.29, 0.717) is 12.4 Å². The molecule has 6 nitrogen and oxygen atoms in total. The largest absolute Gasteiger partial charge is 0.454 e. The molecule has 0 unspecified atom stereocenters. The second-order valence-electron chi connectivity index (χ2n) is 9.37. The lowest BCUT2D eigenvalue weighted by atomic mass is 10.1. The monoisotopic (exact) mass is 493 g/mol. The van der Waals surface area contributed by atoms with Crippen LogP contribution in [0, 0.1) is 5.82 Å². The average molecular weight is 494 g/mol. The number of rotatable bonds is 6. The van der Waals surface area contributed by atoms with E-state index in [-0.39, 0.29) is 11.7 Å². The summed E-state index contributed by atoms with van der Waals surface area (Å²) in [6.45, 7) is 6.02. The van der Waals surface area contributed by atoms with Crippen molar-refractivity contribution in [1.29, 1.82) is 0 Å². The molecule has 1 amide bonds. The Morgan fingerprint density at radius 1 is 0.943 bits per heavy atom. The van der Waals surface area contributed by atoms with Gasteiger partial charge in [0.2, 0.25) is 6.79 Å². The van der Waals surface area contributed by atoms with Gasteiger partial charge in [-0.2, -0.15) is 0 Å². The summed E-state index contributed by atoms with van der Waals surface area (Å²) < 4.78 is 24.2. The molecule has 35 heavy (non-hydrogen) atoms. The van der Waals surface area contributed by atoms with Crippen molar-refractivity contribution in [3.05, 3.63) is 75.4 Å². The molecule has 8 heteroatoms. The van der Waals surface area contributed by atoms with E-state index in [2.05, 4.69) is 27.2 Å². The number of carbonyl (C=O) groups excluding carboxylic acids is 1. The van der Waals surface area contributed by atoms with Crippen LogP contribution >= 0.6 is 11.3 Å². The van der Waals surface area contributed by atoms with E-state index in [0.717, 1.165) is 68.6 Å². The number of nitrogens with zero attached hydrogens (tertiary/aromatic N) is 2. The van der Waals surface area contributed by atoms with Crippen molar-refractivity contribution in [1.82, 2.24) is 9.80 Å². The minimum atomic E-state index is -0.338. The van der Waals surface area contributed by atoms with Crippen molar-refractivity contribution in [2.75, 3.05) is 38.3 Å². The first kappa shape index (κ1) is 22.5. The Morgan fingerprint density at radius 3 is 2.49 bits per heavy atom. The molecule has 2 aliphatic heterocycles. The second-order valence-corrected chi connectivity index (χ2v) is 10.5. The molecule has 0 bridgehead atoms. The van der Waals surface area contributed by atoms with Crippen molar-refractivity contribution < 1.29 is 18.7 Å². The molecular formula is C27H28FN3O3S. The number of hydrogen-bond donors (Lipinski definition) is 1. The lowest BCUT2D eigenvalue weighted by Gasteiger charge is -2.35. The molecule has 3 heterocycles. The fourth-order valence-corrected chi connectivity index (χ4v) is 6.44. The van der Waals surface area contributed by atoms with Crippen LogP contribution in [0.25, 0.3) is 0 Å². The van der Waals surface area contributed by atoms with Gasteiger partial charge >= 0.3 is 0 Å². The predicted octanol–water partition coefficient (Wildman–Crippen LogP) is 4.67. The number of fused-ring (bicyclic) bond motifs is 2. The lowest BCUT2D eigenvalue weighted by molar-refractivity contribution is 0.102. The molecule has 3 aromatic rings. The van der Waals surface area contributed by atoms with Crippen LogP contribution in [0.3, 0.4) is 0 Å². The van der Waals surface area contributed by atoms with Gasteiger partial charge in [0.15, 0.2) is 11.5 Å². The smallest absolute Gasteiger partial charge is 0.256 e. The van der Waals surface area contributed by atoms with Crippen LogP contribution in [0.15, 0.2) is 42.5 Å². The van der Waals surface area contributed by atoms with E-state index in [1.54, 1.807) is 11.3 Å². The molecule has 2 aromatic carbocycles. The third-order valence-electron chi connectivity index (χ3n) is 7.05. The lowest BCUT2D eigenvalue weighted by Crippen LogP contribution is -2.45. The van der Waals surface area contributed by atoms with Crippen molar-refractivity contribution in [3.8, 4) is 11.5 Å². The normalized spacial score (nSPS) is 17.5. The molecule has 0 spiro atoms. The molecular weight excluding hydrogens is 465 g/mol. The SMILES string of the molecule is O=C(Nc1sc2c(c1CN1CCN(Cc3ccc4c(c3)OCO4)CC1)CCC2)c1ccc(F)cc1. The van der Waals surface area contributed by atoms with Crippen molar-refractivity contribution in [2.45, 2.75) is 32.4 Å². The highest BCUT2D eigenvalue weighted by atomic mass is 32.1. The molecule has 182 valence electrons. The highest BCUT2D eigenvalue weighted by Gasteiger charge is 2.26. The van der Waals surface area contributed by atoms with Crippen LogP contribution in [0.1, 0.15) is 38.3 Å². The molecule has 1 saturated heterocycles. The van der Waals surface area contributed by atoms with Crippen molar-refractivity contribution >= 4 is 22.2 Å². The molecule has 0 atom stereocenters. The first-order chi connectivity index (χ1) is 17.1. The van der Waals surface area contributed by atoms with E-state index >= 15 is 0 Å². The highest BCUT2D eigenvalue weighted by molar-refractivity contribution is 7.16. The average Bonchev–Trinajstić information content (AvgIpc) is 3.58. The molecule has 3 aliphatic rings. The van der Waals surface area contributed by atoms with Gasteiger partial charge in [-0.1, -0.05) is 6.07 Å². The fraction of sp³-hybridized carbons (Fsp3) is 0.370. The van der Waals surface area contributed by atoms with Gasteiger partial charge in [0.05, 0.1) is 0 Å². The molecule has 1 aromatic heterocycles. The second kappa shape index (κ2) is 9.60. The quantitative estimate of drug-likeness (QED) is 0.541. The molecule has 1 aliphatic carbocycles. The Balaban J connectivity index is 1.10. The maximum Gasteiger partial charge on any atom is 0.256 e. The van der Waals surface area contributed by atoms with Gasteiger partial charge in [-0.25, -0.2) is 4.39 Å². The maximum atomic E-state index is 13.3. The molecule has 1 fully saturated rings. The Hall–Kier alpha value is -2.94. The third kappa shape index (κ3) is 4.78. The van der Waals surface area contributed by atoms with Gasteiger partial charge in [0.1, 0.15) is 10.8 Å². The number of amides is 1. The Labute approximate surface area is 208 Å². The van der Waals surface area contributed by atoms with Crippen LogP contribution in [0.4, 0.5) is 9.39 Å². The number of benzene rings is 2. The van der Waals surface area contributed by atoms with E-state index in [1.807, 2.05) is 6.07 Å². The summed E-state index contributed by atoms with van der Waals surface area (Å²) in [5.41, 5.74) is 4.40. The van der Waals surface area contributed by atoms with Crippen LogP contribution in [-0.4, -0.2) is 48.7 Å². The molecule has 0 radical (unpaired) electrons. The van der Waals surface area contributed by atoms with Crippen LogP contribution in [0.2, 0.25) is 0 Å². The highest BCUT2D eigenvalue weighted by Crippen LogP contribution is 2.40. The summed E-state index contributed by atoms with van der Waals surface area (Å²) >= 11 is 1.71. The minimum Gasteiger partial charge on any atom is -0.454 e. The zero-order chi connectivity index (χ0) is 23.8. The Morgan fingerprint density at radius 2 is 1.69 bits per heavy atom. The van der Waals surface area contributed by atoms with E-state index in [4.69, 9.17) is 9.47 Å². The summed E-state index contributed by atoms with van der Waals surface area (Å²) in [4.78, 5) is 19.2. The molecule has 6 rings (SSSR count). The number of carbonyl (C=O) groups is 1. The first-order valence-electron chi connectivity index (χ1n) is 12.2. The topological polar surface area (TPSA) is 54.0 Å². The zero-order valence-electron chi connectivity index (χ0n) is 19.5. The van der Waals surface area contributed by atoms with E-state index in [1.165, 1.54) is 52.3 Å². The number of thiophene rings is 1. The molecule has 1 N–H and O–H groups in total. The van der Waals surface area contributed by atoms with Gasteiger partial charge in [-0.3, -0.25) is 14.6 Å². The van der Waals surface area contributed by atoms with Gasteiger partial charge in [0, 0.05) is 55.3 Å². The van der Waals surface area contributed by atoms with Crippen LogP contribution in [-0.2, 0) is 25.9 Å². The number of nitrogens with one attached hydrogen (secondary N) is 1. The van der Waals surface area contributed by atoms with Gasteiger partial charge in [-0.15, -0.1) is 11.3 Å². The minimum absolute atomic E-state index is 0.181. The predicted molar refractivity (Wildman–Crippen MR) is 134 cm³/mol. The summed E-state index contributed by atoms with van der Waals surface area (Å²) in [5, 5.41) is 4.08. The fourth-order valence-electron chi connectivity index (χ4n) is 5.14. The van der Waals surface area contributed by atoms with Gasteiger partial charge in [-0.05, 0) is 66.8 Å². The zero-order valence-corrected chi connectivity index (χ0v) is 20.3. The van der Waals surface area contributed by atoms with E-state index in [9.17, 15) is 9.18 Å². The van der Waals surface area contributed by atoms with Crippen molar-refractivity contribution in [3.63, 3.8) is 0 Å². The Kier molecular flexibility index (Phi) is 6.18. The summed E-state index contributed by atoms with van der Waals surface area (Å²) in [7, 11) is 0. The van der Waals surface area contributed by atoms with Gasteiger partial charge in [0.25, 0.3) is 5.91 Å². The maximum absolute atomic E-state index is 13.3. The standard InChI is InChI=1S/C27H28FN3O3S/c28-20-7-5-19(6-8-20)26(32)29-27-22(21-2-1-3-25(21)35-27)16-31-12-10-30(11-13-31)15-18-4-9-23-24(14-18)34-17-33-23/h4-9,14H,1-3,10-13,15-17H2,(H,29,32). The van der Waals surface area contributed by atoms with Crippen LogP contribution in [0.5, 0.6) is 11.5 Å². The summed E-state index contributed by atoms with van der Waals surface area (Å²) in [6.07, 6.45) is 3.35.